The van der Waals surface area contributed by atoms with Gasteiger partial charge in [0.05, 0.1) is 17.3 Å². The number of benzene rings is 1. The van der Waals surface area contributed by atoms with E-state index in [1.54, 1.807) is 12.1 Å². The lowest BCUT2D eigenvalue weighted by Gasteiger charge is -2.17. The molecule has 3 nitrogen and oxygen atoms in total. The fourth-order valence-electron chi connectivity index (χ4n) is 1.46. The van der Waals surface area contributed by atoms with Crippen LogP contribution in [0.1, 0.15) is 25.3 Å². The van der Waals surface area contributed by atoms with Crippen LogP contribution in [-0.4, -0.2) is 17.8 Å². The second-order valence-electron chi connectivity index (χ2n) is 3.57. The van der Waals surface area contributed by atoms with Crippen molar-refractivity contribution < 1.29 is 9.50 Å². The molecule has 1 unspecified atom stereocenters. The van der Waals surface area contributed by atoms with Crippen molar-refractivity contribution in [1.82, 2.24) is 0 Å². The van der Waals surface area contributed by atoms with E-state index in [2.05, 4.69) is 5.32 Å². The first-order chi connectivity index (χ1) is 7.71. The molecule has 1 atom stereocenters. The Morgan fingerprint density at radius 1 is 1.56 bits per heavy atom. The molecule has 0 aliphatic carbocycles. The number of nitrogens with zero attached hydrogens (tertiary/aromatic N) is 1. The minimum absolute atomic E-state index is 0.0486. The molecule has 16 heavy (non-hydrogen) atoms. The first-order valence-corrected chi connectivity index (χ1v) is 5.28. The van der Waals surface area contributed by atoms with Crippen molar-refractivity contribution in [2.24, 2.45) is 0 Å². The van der Waals surface area contributed by atoms with Crippen LogP contribution in [0.15, 0.2) is 18.2 Å². The highest BCUT2D eigenvalue weighted by Crippen LogP contribution is 2.17. The van der Waals surface area contributed by atoms with E-state index in [4.69, 9.17) is 10.4 Å². The predicted octanol–water partition coefficient (Wildman–Crippen LogP) is 2.27. The minimum Gasteiger partial charge on any atom is -0.396 e. The minimum atomic E-state index is -0.435. The molecule has 0 bridgehead atoms. The van der Waals surface area contributed by atoms with Gasteiger partial charge in [0.1, 0.15) is 5.82 Å². The van der Waals surface area contributed by atoms with Crippen LogP contribution in [0.3, 0.4) is 0 Å². The van der Waals surface area contributed by atoms with Crippen molar-refractivity contribution in [1.29, 1.82) is 5.26 Å². The quantitative estimate of drug-likeness (QED) is 0.803. The first-order valence-electron chi connectivity index (χ1n) is 5.28. The van der Waals surface area contributed by atoms with Gasteiger partial charge < -0.3 is 10.4 Å². The summed E-state index contributed by atoms with van der Waals surface area (Å²) in [5, 5.41) is 20.4. The Bertz CT molecular complexity index is 387. The zero-order valence-electron chi connectivity index (χ0n) is 9.20. The smallest absolute Gasteiger partial charge is 0.147 e. The van der Waals surface area contributed by atoms with Crippen molar-refractivity contribution in [3.63, 3.8) is 0 Å². The SMILES string of the molecule is CCC(CCO)Nc1ccc(C#N)cc1F. The monoisotopic (exact) mass is 222 g/mol. The van der Waals surface area contributed by atoms with Crippen molar-refractivity contribution in [2.45, 2.75) is 25.8 Å². The molecule has 1 aromatic rings. The average molecular weight is 222 g/mol. The van der Waals surface area contributed by atoms with Gasteiger partial charge in [-0.25, -0.2) is 4.39 Å². The molecule has 0 amide bonds. The summed E-state index contributed by atoms with van der Waals surface area (Å²) in [5.41, 5.74) is 0.678. The molecule has 0 heterocycles. The van der Waals surface area contributed by atoms with Crippen molar-refractivity contribution in [3.8, 4) is 6.07 Å². The molecule has 4 heteroatoms. The second-order valence-corrected chi connectivity index (χ2v) is 3.57. The summed E-state index contributed by atoms with van der Waals surface area (Å²) in [7, 11) is 0. The summed E-state index contributed by atoms with van der Waals surface area (Å²) in [6, 6.07) is 6.25. The van der Waals surface area contributed by atoms with Crippen LogP contribution < -0.4 is 5.32 Å². The molecule has 2 N–H and O–H groups in total. The number of aliphatic hydroxyl groups excluding tert-OH is 1. The standard InChI is InChI=1S/C12H15FN2O/c1-2-10(5-6-16)15-12-4-3-9(8-14)7-11(12)13/h3-4,7,10,15-16H,2,5-6H2,1H3. The van der Waals surface area contributed by atoms with Crippen LogP contribution in [0.25, 0.3) is 0 Å². The number of halogens is 1. The van der Waals surface area contributed by atoms with E-state index in [1.807, 2.05) is 13.0 Å². The lowest BCUT2D eigenvalue weighted by atomic mass is 10.1. The van der Waals surface area contributed by atoms with Gasteiger partial charge in [-0.3, -0.25) is 0 Å². The summed E-state index contributed by atoms with van der Waals surface area (Å²) < 4.78 is 13.5. The van der Waals surface area contributed by atoms with Crippen LogP contribution in [0, 0.1) is 17.1 Å². The van der Waals surface area contributed by atoms with Gasteiger partial charge in [0.25, 0.3) is 0 Å². The number of nitriles is 1. The summed E-state index contributed by atoms with van der Waals surface area (Å²) in [6.07, 6.45) is 1.38. The van der Waals surface area contributed by atoms with Crippen LogP contribution in [-0.2, 0) is 0 Å². The van der Waals surface area contributed by atoms with E-state index in [-0.39, 0.29) is 12.6 Å². The Kier molecular flexibility index (Phi) is 4.74. The predicted molar refractivity (Wildman–Crippen MR) is 60.5 cm³/mol. The van der Waals surface area contributed by atoms with Crippen LogP contribution in [0.4, 0.5) is 10.1 Å². The number of hydrogen-bond donors (Lipinski definition) is 2. The lowest BCUT2D eigenvalue weighted by Crippen LogP contribution is -2.20. The molecule has 86 valence electrons. The highest BCUT2D eigenvalue weighted by molar-refractivity contribution is 5.49. The highest BCUT2D eigenvalue weighted by Gasteiger charge is 2.09. The number of rotatable bonds is 5. The molecule has 0 spiro atoms. The number of nitrogens with one attached hydrogen (secondary N) is 1. The lowest BCUT2D eigenvalue weighted by molar-refractivity contribution is 0.278. The second kappa shape index (κ2) is 6.09. The average Bonchev–Trinajstić information content (AvgIpc) is 2.30. The number of anilines is 1. The maximum absolute atomic E-state index is 13.5. The van der Waals surface area contributed by atoms with Crippen LogP contribution in [0.5, 0.6) is 0 Å². The molecule has 1 aromatic carbocycles. The normalized spacial score (nSPS) is 11.9. The maximum Gasteiger partial charge on any atom is 0.147 e. The van der Waals surface area contributed by atoms with Gasteiger partial charge in [-0.2, -0.15) is 5.26 Å². The van der Waals surface area contributed by atoms with Gasteiger partial charge in [0.15, 0.2) is 0 Å². The zero-order chi connectivity index (χ0) is 12.0. The Morgan fingerprint density at radius 3 is 2.81 bits per heavy atom. The maximum atomic E-state index is 13.5. The first kappa shape index (κ1) is 12.5. The van der Waals surface area contributed by atoms with E-state index in [0.717, 1.165) is 6.42 Å². The topological polar surface area (TPSA) is 56.0 Å². The Hall–Kier alpha value is -1.60. The van der Waals surface area contributed by atoms with E-state index in [0.29, 0.717) is 17.7 Å². The third kappa shape index (κ3) is 3.21. The molecule has 0 aromatic heterocycles. The van der Waals surface area contributed by atoms with E-state index >= 15 is 0 Å². The zero-order valence-corrected chi connectivity index (χ0v) is 9.20. The Morgan fingerprint density at radius 2 is 2.31 bits per heavy atom. The van der Waals surface area contributed by atoms with Crippen LogP contribution >= 0.6 is 0 Å². The molecule has 0 fully saturated rings. The van der Waals surface area contributed by atoms with Crippen LogP contribution in [0.2, 0.25) is 0 Å². The fraction of sp³-hybridized carbons (Fsp3) is 0.417. The van der Waals surface area contributed by atoms with Gasteiger partial charge in [0, 0.05) is 12.6 Å². The number of hydrogen-bond acceptors (Lipinski definition) is 3. The molecule has 0 saturated carbocycles. The van der Waals surface area contributed by atoms with E-state index in [1.165, 1.54) is 6.07 Å². The van der Waals surface area contributed by atoms with Gasteiger partial charge >= 0.3 is 0 Å². The van der Waals surface area contributed by atoms with E-state index in [9.17, 15) is 4.39 Å². The Labute approximate surface area is 94.5 Å². The van der Waals surface area contributed by atoms with Gasteiger partial charge in [0.2, 0.25) is 0 Å². The van der Waals surface area contributed by atoms with Crippen molar-refractivity contribution in [3.05, 3.63) is 29.6 Å². The van der Waals surface area contributed by atoms with Crippen molar-refractivity contribution >= 4 is 5.69 Å². The summed E-state index contributed by atoms with van der Waals surface area (Å²) in [6.45, 7) is 2.04. The summed E-state index contributed by atoms with van der Waals surface area (Å²) in [5.74, 6) is -0.435. The largest absolute Gasteiger partial charge is 0.396 e. The summed E-state index contributed by atoms with van der Waals surface area (Å²) in [4.78, 5) is 0. The third-order valence-corrected chi connectivity index (χ3v) is 2.43. The van der Waals surface area contributed by atoms with E-state index < -0.39 is 5.82 Å². The fourth-order valence-corrected chi connectivity index (χ4v) is 1.46. The molecule has 0 radical (unpaired) electrons. The third-order valence-electron chi connectivity index (χ3n) is 2.43. The highest BCUT2D eigenvalue weighted by atomic mass is 19.1. The van der Waals surface area contributed by atoms with Gasteiger partial charge in [-0.05, 0) is 31.0 Å². The van der Waals surface area contributed by atoms with Gasteiger partial charge in [-0.15, -0.1) is 0 Å². The molecule has 0 aliphatic rings. The summed E-state index contributed by atoms with van der Waals surface area (Å²) >= 11 is 0. The molecule has 0 aliphatic heterocycles. The molecule has 0 saturated heterocycles. The molecular formula is C12H15FN2O. The molecular weight excluding hydrogens is 207 g/mol. The molecule has 1 rings (SSSR count). The van der Waals surface area contributed by atoms with Crippen molar-refractivity contribution in [2.75, 3.05) is 11.9 Å². The Balaban J connectivity index is 2.77. The van der Waals surface area contributed by atoms with Gasteiger partial charge in [-0.1, -0.05) is 6.92 Å². The number of aliphatic hydroxyl groups is 1.